The lowest BCUT2D eigenvalue weighted by Gasteiger charge is -2.26. The van der Waals surface area contributed by atoms with E-state index in [-0.39, 0.29) is 35.7 Å². The summed E-state index contributed by atoms with van der Waals surface area (Å²) in [6.07, 6.45) is 8.97. The third kappa shape index (κ3) is 5.04. The molecule has 0 saturated carbocycles. The molecule has 1 aromatic carbocycles. The van der Waals surface area contributed by atoms with Gasteiger partial charge in [0.1, 0.15) is 5.84 Å². The Labute approximate surface area is 181 Å². The Morgan fingerprint density at radius 3 is 2.77 bits per heavy atom. The molecule has 2 heterocycles. The fraction of sp³-hybridized carbons (Fsp3) is 0.409. The molecule has 8 nitrogen and oxygen atoms in total. The van der Waals surface area contributed by atoms with Crippen LogP contribution < -0.4 is 5.32 Å². The van der Waals surface area contributed by atoms with Crippen molar-refractivity contribution in [1.29, 1.82) is 0 Å². The minimum absolute atomic E-state index is 0.119. The largest absolute Gasteiger partial charge is 0.452 e. The Hall–Kier alpha value is -2.94. The van der Waals surface area contributed by atoms with Gasteiger partial charge in [0, 0.05) is 12.7 Å². The number of sulfonamides is 1. The highest BCUT2D eigenvalue weighted by atomic mass is 32.2. The quantitative estimate of drug-likeness (QED) is 0.696. The summed E-state index contributed by atoms with van der Waals surface area (Å²) in [6, 6.07) is 6.14. The summed E-state index contributed by atoms with van der Waals surface area (Å²) >= 11 is 0. The van der Waals surface area contributed by atoms with E-state index in [4.69, 9.17) is 4.74 Å². The number of aryl methyl sites for hydroxylation is 2. The van der Waals surface area contributed by atoms with E-state index in [1.165, 1.54) is 42.3 Å². The van der Waals surface area contributed by atoms with Gasteiger partial charge in [-0.3, -0.25) is 4.79 Å². The molecule has 31 heavy (non-hydrogen) atoms. The predicted molar refractivity (Wildman–Crippen MR) is 116 cm³/mol. The van der Waals surface area contributed by atoms with Crippen molar-refractivity contribution in [3.8, 4) is 0 Å². The van der Waals surface area contributed by atoms with Crippen LogP contribution in [0.4, 0.5) is 0 Å². The van der Waals surface area contributed by atoms with Crippen molar-refractivity contribution in [2.75, 3.05) is 18.9 Å². The molecule has 2 aliphatic heterocycles. The van der Waals surface area contributed by atoms with E-state index in [0.717, 1.165) is 18.4 Å². The maximum Gasteiger partial charge on any atom is 0.340 e. The van der Waals surface area contributed by atoms with Gasteiger partial charge < -0.3 is 15.0 Å². The summed E-state index contributed by atoms with van der Waals surface area (Å²) in [4.78, 5) is 26.2. The zero-order chi connectivity index (χ0) is 22.0. The number of benzene rings is 1. The summed E-state index contributed by atoms with van der Waals surface area (Å²) in [5.41, 5.74) is 4.00. The van der Waals surface area contributed by atoms with E-state index in [1.54, 1.807) is 4.90 Å². The maximum atomic E-state index is 12.3. The van der Waals surface area contributed by atoms with Crippen LogP contribution >= 0.6 is 0 Å². The Morgan fingerprint density at radius 2 is 1.97 bits per heavy atom. The second kappa shape index (κ2) is 8.66. The van der Waals surface area contributed by atoms with Crippen LogP contribution in [0.1, 0.15) is 42.5 Å². The number of amides is 1. The Kier molecular flexibility index (Phi) is 5.95. The standard InChI is InChI=1S/C22H25N3O5S/c1-15(17-7-6-16-4-2-3-5-18(16)12-17)23-21(26)14-30-22(27)19-8-9-20-24-31(28,29)11-10-25(20)13-19/h6-9,12-13,15H,2-5,10-11,14H2,1H3,(H,23,26). The molecule has 1 unspecified atom stereocenters. The average Bonchev–Trinajstić information content (AvgIpc) is 2.76. The predicted octanol–water partition coefficient (Wildman–Crippen LogP) is 1.78. The van der Waals surface area contributed by atoms with Crippen LogP contribution in [0.2, 0.25) is 0 Å². The highest BCUT2D eigenvalue weighted by molar-refractivity contribution is 7.90. The number of ether oxygens (including phenoxy) is 1. The van der Waals surface area contributed by atoms with E-state index >= 15 is 0 Å². The van der Waals surface area contributed by atoms with Crippen LogP contribution in [0.3, 0.4) is 0 Å². The summed E-state index contributed by atoms with van der Waals surface area (Å²) in [6.45, 7) is 1.72. The molecule has 0 saturated heterocycles. The number of carbonyl (C=O) groups excluding carboxylic acids is 2. The van der Waals surface area contributed by atoms with Crippen molar-refractivity contribution in [1.82, 2.24) is 10.2 Å². The number of esters is 1. The lowest BCUT2D eigenvalue weighted by atomic mass is 9.89. The molecular formula is C22H25N3O5S. The minimum atomic E-state index is -3.46. The molecule has 1 N–H and O–H groups in total. The number of nitrogens with one attached hydrogen (secondary N) is 1. The first-order chi connectivity index (χ1) is 14.8. The Balaban J connectivity index is 1.30. The highest BCUT2D eigenvalue weighted by Crippen LogP contribution is 2.24. The van der Waals surface area contributed by atoms with Gasteiger partial charge in [-0.05, 0) is 61.4 Å². The van der Waals surface area contributed by atoms with E-state index in [0.29, 0.717) is 0 Å². The summed E-state index contributed by atoms with van der Waals surface area (Å²) in [5.74, 6) is -0.892. The number of nitrogens with zero attached hydrogens (tertiary/aromatic N) is 2. The first-order valence-electron chi connectivity index (χ1n) is 10.4. The van der Waals surface area contributed by atoms with Crippen LogP contribution in [-0.2, 0) is 37.2 Å². The fourth-order valence-corrected chi connectivity index (χ4v) is 4.89. The zero-order valence-corrected chi connectivity index (χ0v) is 18.2. The zero-order valence-electron chi connectivity index (χ0n) is 17.3. The van der Waals surface area contributed by atoms with Crippen molar-refractivity contribution >= 4 is 27.7 Å². The van der Waals surface area contributed by atoms with Crippen LogP contribution in [0, 0.1) is 0 Å². The lowest BCUT2D eigenvalue weighted by molar-refractivity contribution is -0.144. The van der Waals surface area contributed by atoms with Crippen molar-refractivity contribution in [2.45, 2.75) is 38.6 Å². The summed E-state index contributed by atoms with van der Waals surface area (Å²) in [7, 11) is -3.46. The molecule has 0 bridgehead atoms. The number of fused-ring (bicyclic) bond motifs is 2. The molecule has 1 amide bonds. The Bertz CT molecular complexity index is 1100. The molecule has 0 aromatic heterocycles. The number of amidine groups is 1. The third-order valence-corrected chi connectivity index (χ3v) is 6.81. The van der Waals surface area contributed by atoms with Gasteiger partial charge in [0.25, 0.3) is 15.9 Å². The first-order valence-corrected chi connectivity index (χ1v) is 12.0. The summed E-state index contributed by atoms with van der Waals surface area (Å²) in [5, 5.41) is 2.87. The van der Waals surface area contributed by atoms with E-state index in [1.807, 2.05) is 13.0 Å². The second-order valence-corrected chi connectivity index (χ2v) is 9.70. The van der Waals surface area contributed by atoms with Crippen molar-refractivity contribution in [3.63, 3.8) is 0 Å². The third-order valence-electron chi connectivity index (χ3n) is 5.64. The molecule has 3 aliphatic rings. The maximum absolute atomic E-state index is 12.3. The SMILES string of the molecule is CC(NC(=O)COC(=O)C1=CN2CCS(=O)(=O)N=C2C=C1)c1ccc2c(c1)CCCC2. The number of rotatable bonds is 5. The molecule has 1 aromatic rings. The molecule has 164 valence electrons. The van der Waals surface area contributed by atoms with Crippen LogP contribution in [0.15, 0.2) is 46.5 Å². The van der Waals surface area contributed by atoms with E-state index < -0.39 is 22.6 Å². The van der Waals surface area contributed by atoms with Gasteiger partial charge in [-0.25, -0.2) is 13.2 Å². The molecule has 0 radical (unpaired) electrons. The van der Waals surface area contributed by atoms with Crippen molar-refractivity contribution in [3.05, 3.63) is 58.8 Å². The molecule has 9 heteroatoms. The van der Waals surface area contributed by atoms with Crippen molar-refractivity contribution in [2.24, 2.45) is 4.40 Å². The smallest absolute Gasteiger partial charge is 0.340 e. The monoisotopic (exact) mass is 443 g/mol. The van der Waals surface area contributed by atoms with Gasteiger partial charge in [-0.2, -0.15) is 0 Å². The average molecular weight is 444 g/mol. The normalized spacial score (nSPS) is 20.0. The van der Waals surface area contributed by atoms with Gasteiger partial charge in [0.2, 0.25) is 0 Å². The van der Waals surface area contributed by atoms with Gasteiger partial charge in [0.05, 0.1) is 17.4 Å². The van der Waals surface area contributed by atoms with Gasteiger partial charge in [0.15, 0.2) is 6.61 Å². The molecule has 0 fully saturated rings. The molecular weight excluding hydrogens is 418 g/mol. The minimum Gasteiger partial charge on any atom is -0.452 e. The van der Waals surface area contributed by atoms with E-state index in [2.05, 4.69) is 21.8 Å². The molecule has 0 spiro atoms. The molecule has 1 atom stereocenters. The molecule has 4 rings (SSSR count). The number of hydrogen-bond acceptors (Lipinski definition) is 6. The number of hydrogen-bond donors (Lipinski definition) is 1. The van der Waals surface area contributed by atoms with Crippen LogP contribution in [0.25, 0.3) is 0 Å². The van der Waals surface area contributed by atoms with Gasteiger partial charge in [-0.1, -0.05) is 18.2 Å². The topological polar surface area (TPSA) is 105 Å². The lowest BCUT2D eigenvalue weighted by Crippen LogP contribution is -2.37. The molecule has 1 aliphatic carbocycles. The second-order valence-electron chi connectivity index (χ2n) is 7.95. The fourth-order valence-electron chi connectivity index (χ4n) is 3.93. The highest BCUT2D eigenvalue weighted by Gasteiger charge is 2.25. The van der Waals surface area contributed by atoms with E-state index in [9.17, 15) is 18.0 Å². The summed E-state index contributed by atoms with van der Waals surface area (Å²) < 4.78 is 31.9. The van der Waals surface area contributed by atoms with Gasteiger partial charge in [-0.15, -0.1) is 4.40 Å². The van der Waals surface area contributed by atoms with Crippen LogP contribution in [0.5, 0.6) is 0 Å². The van der Waals surface area contributed by atoms with Crippen LogP contribution in [-0.4, -0.2) is 49.9 Å². The Morgan fingerprint density at radius 1 is 1.19 bits per heavy atom. The van der Waals surface area contributed by atoms with Crippen molar-refractivity contribution < 1.29 is 22.7 Å². The number of carbonyl (C=O) groups is 2. The van der Waals surface area contributed by atoms with Gasteiger partial charge >= 0.3 is 5.97 Å². The first kappa shape index (κ1) is 21.3.